The van der Waals surface area contributed by atoms with Crippen LogP contribution in [0.3, 0.4) is 0 Å². The predicted molar refractivity (Wildman–Crippen MR) is 129 cm³/mol. The van der Waals surface area contributed by atoms with Gasteiger partial charge in [-0.2, -0.15) is 0 Å². The van der Waals surface area contributed by atoms with Gasteiger partial charge < -0.3 is 4.90 Å². The lowest BCUT2D eigenvalue weighted by atomic mass is 9.93. The van der Waals surface area contributed by atoms with Crippen LogP contribution in [0.1, 0.15) is 48.2 Å². The normalized spacial score (nSPS) is 20.4. The van der Waals surface area contributed by atoms with Crippen LogP contribution in [-0.2, 0) is 21.2 Å². The lowest BCUT2D eigenvalue weighted by Gasteiger charge is -2.37. The molecule has 1 atom stereocenters. The summed E-state index contributed by atoms with van der Waals surface area (Å²) in [4.78, 5) is 18.5. The highest BCUT2D eigenvalue weighted by Gasteiger charge is 2.33. The highest BCUT2D eigenvalue weighted by molar-refractivity contribution is 7.89. The number of fused-ring (bicyclic) bond motifs is 1. The predicted octanol–water partition coefficient (Wildman–Crippen LogP) is 3.50. The van der Waals surface area contributed by atoms with Crippen molar-refractivity contribution < 1.29 is 17.6 Å². The van der Waals surface area contributed by atoms with E-state index in [-0.39, 0.29) is 30.1 Å². The molecule has 0 radical (unpaired) electrons. The highest BCUT2D eigenvalue weighted by Crippen LogP contribution is 2.37. The summed E-state index contributed by atoms with van der Waals surface area (Å²) < 4.78 is 40.7. The van der Waals surface area contributed by atoms with Crippen molar-refractivity contribution >= 4 is 27.3 Å². The smallest absolute Gasteiger partial charge is 0.236 e. The van der Waals surface area contributed by atoms with Gasteiger partial charge in [-0.05, 0) is 54.0 Å². The minimum Gasteiger partial charge on any atom is -0.340 e. The third kappa shape index (κ3) is 5.65. The van der Waals surface area contributed by atoms with Gasteiger partial charge in [-0.1, -0.05) is 25.5 Å². The fourth-order valence-corrected chi connectivity index (χ4v) is 7.34. The second-order valence-electron chi connectivity index (χ2n) is 8.78. The first kappa shape index (κ1) is 24.3. The molecule has 0 N–H and O–H groups in total. The molecule has 0 saturated carbocycles. The van der Waals surface area contributed by atoms with Gasteiger partial charge in [0.2, 0.25) is 15.9 Å². The molecule has 1 saturated heterocycles. The topological polar surface area (TPSA) is 60.9 Å². The molecule has 0 aliphatic carbocycles. The van der Waals surface area contributed by atoms with Gasteiger partial charge in [-0.25, -0.2) is 17.1 Å². The number of sulfonamides is 1. The van der Waals surface area contributed by atoms with Crippen molar-refractivity contribution in [2.75, 3.05) is 45.0 Å². The van der Waals surface area contributed by atoms with Gasteiger partial charge in [0.05, 0.1) is 18.3 Å². The van der Waals surface area contributed by atoms with Crippen LogP contribution in [0.15, 0.2) is 35.7 Å². The molecule has 1 fully saturated rings. The van der Waals surface area contributed by atoms with E-state index >= 15 is 0 Å². The minimum atomic E-state index is -3.27. The number of amides is 1. The number of hydrogen-bond donors (Lipinski definition) is 0. The zero-order chi connectivity index (χ0) is 23.4. The largest absolute Gasteiger partial charge is 0.340 e. The summed E-state index contributed by atoms with van der Waals surface area (Å²) in [5, 5.41) is 2.06. The maximum atomic E-state index is 14.0. The molecule has 1 aromatic heterocycles. The number of unbranched alkanes of at least 4 members (excludes halogenated alkanes) is 1. The van der Waals surface area contributed by atoms with Crippen molar-refractivity contribution in [3.8, 4) is 0 Å². The standard InChI is InChI=1S/C24H32FN3O3S2/c1-2-3-16-33(30,31)28-11-5-10-26(13-14-28)23(29)18-27-12-8-22-21(9-15-32-22)24(27)19-6-4-7-20(25)17-19/h4,6-7,9,15,17,24H,2-3,5,8,10-14,16,18H2,1H3. The van der Waals surface area contributed by atoms with Crippen molar-refractivity contribution in [2.45, 2.75) is 38.6 Å². The number of carbonyl (C=O) groups excluding carboxylic acids is 1. The van der Waals surface area contributed by atoms with E-state index in [1.165, 1.54) is 10.9 Å². The molecule has 1 unspecified atom stereocenters. The molecule has 180 valence electrons. The Morgan fingerprint density at radius 3 is 2.79 bits per heavy atom. The second-order valence-corrected chi connectivity index (χ2v) is 11.9. The highest BCUT2D eigenvalue weighted by atomic mass is 32.2. The lowest BCUT2D eigenvalue weighted by molar-refractivity contribution is -0.132. The number of halogens is 1. The van der Waals surface area contributed by atoms with Crippen LogP contribution in [0.25, 0.3) is 0 Å². The average Bonchev–Trinajstić information content (AvgIpc) is 3.12. The van der Waals surface area contributed by atoms with E-state index in [0.29, 0.717) is 39.0 Å². The molecule has 6 nitrogen and oxygen atoms in total. The van der Waals surface area contributed by atoms with E-state index in [0.717, 1.165) is 30.5 Å². The molecule has 2 aliphatic rings. The van der Waals surface area contributed by atoms with Crippen LogP contribution in [0, 0.1) is 5.82 Å². The van der Waals surface area contributed by atoms with Crippen LogP contribution < -0.4 is 0 Å². The van der Waals surface area contributed by atoms with Crippen molar-refractivity contribution in [3.63, 3.8) is 0 Å². The second kappa shape index (κ2) is 10.6. The summed E-state index contributed by atoms with van der Waals surface area (Å²) in [7, 11) is -3.27. The lowest BCUT2D eigenvalue weighted by Crippen LogP contribution is -2.45. The Morgan fingerprint density at radius 1 is 1.15 bits per heavy atom. The van der Waals surface area contributed by atoms with E-state index in [4.69, 9.17) is 0 Å². The number of rotatable bonds is 7. The fourth-order valence-electron chi connectivity index (χ4n) is 4.76. The van der Waals surface area contributed by atoms with Crippen LogP contribution in [-0.4, -0.2) is 73.5 Å². The van der Waals surface area contributed by atoms with E-state index in [2.05, 4.69) is 16.3 Å². The van der Waals surface area contributed by atoms with E-state index in [1.807, 2.05) is 13.0 Å². The van der Waals surface area contributed by atoms with Crippen molar-refractivity contribution in [2.24, 2.45) is 0 Å². The average molecular weight is 494 g/mol. The maximum Gasteiger partial charge on any atom is 0.236 e. The molecule has 0 spiro atoms. The van der Waals surface area contributed by atoms with E-state index in [9.17, 15) is 17.6 Å². The van der Waals surface area contributed by atoms with Crippen LogP contribution in [0.4, 0.5) is 4.39 Å². The molecule has 3 heterocycles. The van der Waals surface area contributed by atoms with Crippen molar-refractivity contribution in [1.29, 1.82) is 0 Å². The minimum absolute atomic E-state index is 0.00267. The zero-order valence-electron chi connectivity index (χ0n) is 19.1. The summed E-state index contributed by atoms with van der Waals surface area (Å²) in [6.45, 7) is 4.72. The maximum absolute atomic E-state index is 14.0. The van der Waals surface area contributed by atoms with Gasteiger partial charge >= 0.3 is 0 Å². The SMILES string of the molecule is CCCCS(=O)(=O)N1CCCN(C(=O)CN2CCc3sccc3C2c2cccc(F)c2)CC1. The molecule has 0 bridgehead atoms. The summed E-state index contributed by atoms with van der Waals surface area (Å²) in [5.41, 5.74) is 2.00. The monoisotopic (exact) mass is 493 g/mol. The molecule has 2 aliphatic heterocycles. The summed E-state index contributed by atoms with van der Waals surface area (Å²) in [5.74, 6) is -0.107. The number of thiophene rings is 1. The van der Waals surface area contributed by atoms with Gasteiger partial charge in [0.15, 0.2) is 0 Å². The Labute approximate surface area is 200 Å². The first-order valence-corrected chi connectivity index (χ1v) is 14.2. The molecular formula is C24H32FN3O3S2. The van der Waals surface area contributed by atoms with Gasteiger partial charge in [-0.3, -0.25) is 9.69 Å². The van der Waals surface area contributed by atoms with Crippen LogP contribution >= 0.6 is 11.3 Å². The Balaban J connectivity index is 1.46. The zero-order valence-corrected chi connectivity index (χ0v) is 20.7. The van der Waals surface area contributed by atoms with Gasteiger partial charge in [0.1, 0.15) is 5.82 Å². The summed E-state index contributed by atoms with van der Waals surface area (Å²) in [6, 6.07) is 8.55. The van der Waals surface area contributed by atoms with Crippen LogP contribution in [0.2, 0.25) is 0 Å². The van der Waals surface area contributed by atoms with E-state index < -0.39 is 10.0 Å². The van der Waals surface area contributed by atoms with Crippen molar-refractivity contribution in [1.82, 2.24) is 14.1 Å². The molecule has 4 rings (SSSR count). The Hall–Kier alpha value is -1.81. The molecular weight excluding hydrogens is 461 g/mol. The summed E-state index contributed by atoms with van der Waals surface area (Å²) in [6.07, 6.45) is 3.00. The summed E-state index contributed by atoms with van der Waals surface area (Å²) >= 11 is 1.71. The first-order valence-electron chi connectivity index (χ1n) is 11.7. The Morgan fingerprint density at radius 2 is 2.00 bits per heavy atom. The molecule has 2 aromatic rings. The Kier molecular flexibility index (Phi) is 7.83. The van der Waals surface area contributed by atoms with Gasteiger partial charge in [0.25, 0.3) is 0 Å². The van der Waals surface area contributed by atoms with Crippen molar-refractivity contribution in [3.05, 3.63) is 57.5 Å². The molecule has 1 amide bonds. The number of nitrogens with zero attached hydrogens (tertiary/aromatic N) is 3. The van der Waals surface area contributed by atoms with Gasteiger partial charge in [0, 0.05) is 37.6 Å². The van der Waals surface area contributed by atoms with E-state index in [1.54, 1.807) is 32.7 Å². The quantitative estimate of drug-likeness (QED) is 0.592. The number of carbonyl (C=O) groups is 1. The van der Waals surface area contributed by atoms with Crippen LogP contribution in [0.5, 0.6) is 0 Å². The molecule has 1 aromatic carbocycles. The van der Waals surface area contributed by atoms with Gasteiger partial charge in [-0.15, -0.1) is 11.3 Å². The Bertz CT molecular complexity index is 1070. The molecule has 33 heavy (non-hydrogen) atoms. The fraction of sp³-hybridized carbons (Fsp3) is 0.542. The third-order valence-corrected chi connectivity index (χ3v) is 9.48. The number of hydrogen-bond acceptors (Lipinski definition) is 5. The first-order chi connectivity index (χ1) is 15.9. The number of benzene rings is 1. The molecule has 9 heteroatoms. The third-order valence-electron chi connectivity index (χ3n) is 6.53.